The van der Waals surface area contributed by atoms with Crippen LogP contribution in [0.1, 0.15) is 36.2 Å². The molecule has 1 aromatic heterocycles. The molecule has 0 bridgehead atoms. The Balaban J connectivity index is 1.25. The van der Waals surface area contributed by atoms with Gasteiger partial charge in [-0.1, -0.05) is 44.2 Å². The van der Waals surface area contributed by atoms with Crippen LogP contribution in [0.15, 0.2) is 66.7 Å². The highest BCUT2D eigenvalue weighted by Crippen LogP contribution is 2.30. The molecule has 39 heavy (non-hydrogen) atoms. The first-order chi connectivity index (χ1) is 19.1. The molecule has 0 aliphatic carbocycles. The SMILES string of the molecule is CCN(CC)CCCn1c2ccccc2c2cc(C(=O)N3CCN(CCc4cccc(OC)c4)CC3)ccc21. The number of carbonyl (C=O) groups excluding carboxylic acids is 1. The highest BCUT2D eigenvalue weighted by Gasteiger charge is 2.23. The van der Waals surface area contributed by atoms with Crippen LogP contribution >= 0.6 is 0 Å². The quantitative estimate of drug-likeness (QED) is 0.258. The fraction of sp³-hybridized carbons (Fsp3) is 0.424. The number of benzene rings is 3. The number of para-hydroxylation sites is 1. The molecule has 4 aromatic rings. The number of nitrogens with zero attached hydrogens (tertiary/aromatic N) is 4. The van der Waals surface area contributed by atoms with Crippen molar-refractivity contribution in [3.05, 3.63) is 77.9 Å². The van der Waals surface area contributed by atoms with Crippen LogP contribution < -0.4 is 4.74 Å². The molecule has 0 saturated carbocycles. The van der Waals surface area contributed by atoms with Gasteiger partial charge in [-0.3, -0.25) is 9.69 Å². The van der Waals surface area contributed by atoms with Crippen LogP contribution in [0.25, 0.3) is 21.8 Å². The van der Waals surface area contributed by atoms with Crippen LogP contribution in [0.5, 0.6) is 5.75 Å². The number of hydrogen-bond acceptors (Lipinski definition) is 4. The average Bonchev–Trinajstić information content (AvgIpc) is 3.31. The Morgan fingerprint density at radius 1 is 0.846 bits per heavy atom. The van der Waals surface area contributed by atoms with Gasteiger partial charge in [0.1, 0.15) is 5.75 Å². The second-order valence-corrected chi connectivity index (χ2v) is 10.5. The van der Waals surface area contributed by atoms with E-state index in [0.29, 0.717) is 0 Å². The predicted molar refractivity (Wildman–Crippen MR) is 161 cm³/mol. The summed E-state index contributed by atoms with van der Waals surface area (Å²) in [5.41, 5.74) is 4.54. The smallest absolute Gasteiger partial charge is 0.253 e. The van der Waals surface area contributed by atoms with Crippen LogP contribution in [0.4, 0.5) is 0 Å². The van der Waals surface area contributed by atoms with Gasteiger partial charge in [0.2, 0.25) is 0 Å². The summed E-state index contributed by atoms with van der Waals surface area (Å²) < 4.78 is 7.79. The van der Waals surface area contributed by atoms with Crippen molar-refractivity contribution >= 4 is 27.7 Å². The van der Waals surface area contributed by atoms with Gasteiger partial charge in [0.05, 0.1) is 7.11 Å². The van der Waals surface area contributed by atoms with Gasteiger partial charge in [0, 0.05) is 66.6 Å². The second-order valence-electron chi connectivity index (χ2n) is 10.5. The number of ether oxygens (including phenoxy) is 1. The normalized spacial score (nSPS) is 14.5. The van der Waals surface area contributed by atoms with Gasteiger partial charge in [-0.2, -0.15) is 0 Å². The highest BCUT2D eigenvalue weighted by molar-refractivity contribution is 6.10. The average molecular weight is 527 g/mol. The van der Waals surface area contributed by atoms with E-state index in [0.717, 1.165) is 83.1 Å². The lowest BCUT2D eigenvalue weighted by Gasteiger charge is -2.34. The molecular weight excluding hydrogens is 484 g/mol. The van der Waals surface area contributed by atoms with E-state index >= 15 is 0 Å². The monoisotopic (exact) mass is 526 g/mol. The molecule has 3 aromatic carbocycles. The van der Waals surface area contributed by atoms with Gasteiger partial charge in [0.15, 0.2) is 0 Å². The number of rotatable bonds is 11. The third kappa shape index (κ3) is 6.13. The van der Waals surface area contributed by atoms with Gasteiger partial charge in [-0.25, -0.2) is 0 Å². The molecule has 0 unspecified atom stereocenters. The van der Waals surface area contributed by atoms with Crippen LogP contribution in [0, 0.1) is 0 Å². The van der Waals surface area contributed by atoms with E-state index in [1.54, 1.807) is 7.11 Å². The topological polar surface area (TPSA) is 41.0 Å². The zero-order valence-electron chi connectivity index (χ0n) is 23.7. The summed E-state index contributed by atoms with van der Waals surface area (Å²) in [6, 6.07) is 23.2. The van der Waals surface area contributed by atoms with Crippen molar-refractivity contribution in [2.75, 3.05) is 59.5 Å². The first-order valence-corrected chi connectivity index (χ1v) is 14.5. The lowest BCUT2D eigenvalue weighted by atomic mass is 10.1. The number of fused-ring (bicyclic) bond motifs is 3. The Morgan fingerprint density at radius 3 is 2.38 bits per heavy atom. The molecule has 6 nitrogen and oxygen atoms in total. The summed E-state index contributed by atoms with van der Waals surface area (Å²) in [6.45, 7) is 13.0. The zero-order chi connectivity index (χ0) is 27.2. The van der Waals surface area contributed by atoms with E-state index < -0.39 is 0 Å². The van der Waals surface area contributed by atoms with E-state index in [1.807, 2.05) is 23.1 Å². The fourth-order valence-electron chi connectivity index (χ4n) is 5.89. The third-order valence-electron chi connectivity index (χ3n) is 8.28. The van der Waals surface area contributed by atoms with E-state index in [4.69, 9.17) is 4.74 Å². The van der Waals surface area contributed by atoms with Crippen molar-refractivity contribution < 1.29 is 9.53 Å². The number of amides is 1. The van der Waals surface area contributed by atoms with Crippen molar-refractivity contribution in [1.82, 2.24) is 19.3 Å². The van der Waals surface area contributed by atoms with Crippen molar-refractivity contribution in [1.29, 1.82) is 0 Å². The minimum Gasteiger partial charge on any atom is -0.497 e. The van der Waals surface area contributed by atoms with Gasteiger partial charge in [-0.05, 0) is 74.4 Å². The standard InChI is InChI=1S/C33H42N4O2/c1-4-34(5-2)17-9-18-37-31-13-7-6-12-29(31)30-25-27(14-15-32(30)37)33(38)36-22-20-35(21-23-36)19-16-26-10-8-11-28(24-26)39-3/h6-8,10-15,24-25H,4-5,9,16-23H2,1-3H3. The largest absolute Gasteiger partial charge is 0.497 e. The Bertz CT molecular complexity index is 1400. The Hall–Kier alpha value is -3.35. The predicted octanol–water partition coefficient (Wildman–Crippen LogP) is 5.54. The minimum absolute atomic E-state index is 0.141. The van der Waals surface area contributed by atoms with Gasteiger partial charge < -0.3 is 19.1 Å². The molecule has 5 rings (SSSR count). The summed E-state index contributed by atoms with van der Waals surface area (Å²) in [4.78, 5) is 20.5. The number of methoxy groups -OCH3 is 1. The number of carbonyl (C=O) groups is 1. The maximum absolute atomic E-state index is 13.5. The first kappa shape index (κ1) is 27.2. The number of aromatic nitrogens is 1. The molecule has 1 saturated heterocycles. The number of hydrogen-bond donors (Lipinski definition) is 0. The molecule has 1 fully saturated rings. The molecule has 2 heterocycles. The molecule has 0 radical (unpaired) electrons. The van der Waals surface area contributed by atoms with E-state index in [-0.39, 0.29) is 5.91 Å². The van der Waals surface area contributed by atoms with Crippen LogP contribution in [-0.2, 0) is 13.0 Å². The number of piperazine rings is 1. The van der Waals surface area contributed by atoms with Gasteiger partial charge in [0.25, 0.3) is 5.91 Å². The zero-order valence-corrected chi connectivity index (χ0v) is 23.7. The van der Waals surface area contributed by atoms with E-state index in [1.165, 1.54) is 27.4 Å². The Labute approximate surface area is 232 Å². The number of aryl methyl sites for hydroxylation is 1. The lowest BCUT2D eigenvalue weighted by molar-refractivity contribution is 0.0638. The molecule has 1 aliphatic heterocycles. The van der Waals surface area contributed by atoms with Crippen molar-refractivity contribution in [3.8, 4) is 5.75 Å². The summed E-state index contributed by atoms with van der Waals surface area (Å²) in [5.74, 6) is 1.05. The summed E-state index contributed by atoms with van der Waals surface area (Å²) in [5, 5.41) is 2.41. The van der Waals surface area contributed by atoms with E-state index in [2.05, 4.69) is 76.7 Å². The maximum atomic E-state index is 13.5. The summed E-state index contributed by atoms with van der Waals surface area (Å²) in [6.07, 6.45) is 2.10. The summed E-state index contributed by atoms with van der Waals surface area (Å²) in [7, 11) is 1.71. The van der Waals surface area contributed by atoms with E-state index in [9.17, 15) is 4.79 Å². The van der Waals surface area contributed by atoms with Gasteiger partial charge in [-0.15, -0.1) is 0 Å². The van der Waals surface area contributed by atoms with Crippen LogP contribution in [0.3, 0.4) is 0 Å². The second kappa shape index (κ2) is 12.7. The van der Waals surface area contributed by atoms with Crippen molar-refractivity contribution in [2.24, 2.45) is 0 Å². The molecule has 0 atom stereocenters. The van der Waals surface area contributed by atoms with Crippen molar-refractivity contribution in [3.63, 3.8) is 0 Å². The molecule has 0 spiro atoms. The molecule has 0 N–H and O–H groups in total. The Morgan fingerprint density at radius 2 is 1.62 bits per heavy atom. The first-order valence-electron chi connectivity index (χ1n) is 14.5. The van der Waals surface area contributed by atoms with Crippen LogP contribution in [0.2, 0.25) is 0 Å². The van der Waals surface area contributed by atoms with Crippen LogP contribution in [-0.4, -0.2) is 84.6 Å². The summed E-state index contributed by atoms with van der Waals surface area (Å²) >= 11 is 0. The third-order valence-corrected chi connectivity index (χ3v) is 8.28. The molecule has 6 heteroatoms. The van der Waals surface area contributed by atoms with Crippen molar-refractivity contribution in [2.45, 2.75) is 33.2 Å². The van der Waals surface area contributed by atoms with Gasteiger partial charge >= 0.3 is 0 Å². The minimum atomic E-state index is 0.141. The molecule has 1 amide bonds. The highest BCUT2D eigenvalue weighted by atomic mass is 16.5. The maximum Gasteiger partial charge on any atom is 0.253 e. The molecule has 1 aliphatic rings. The molecule has 206 valence electrons. The Kier molecular flexibility index (Phi) is 8.84. The molecular formula is C33H42N4O2. The lowest BCUT2D eigenvalue weighted by Crippen LogP contribution is -2.49. The fourth-order valence-corrected chi connectivity index (χ4v) is 5.89.